The van der Waals surface area contributed by atoms with Crippen molar-refractivity contribution in [1.82, 2.24) is 4.98 Å². The summed E-state index contributed by atoms with van der Waals surface area (Å²) in [5.41, 5.74) is 7.58. The van der Waals surface area contributed by atoms with Crippen LogP contribution in [-0.2, 0) is 22.6 Å². The van der Waals surface area contributed by atoms with Gasteiger partial charge in [-0.1, -0.05) is 6.07 Å². The van der Waals surface area contributed by atoms with Crippen molar-refractivity contribution in [3.05, 3.63) is 29.6 Å². The molecular formula is C11H16N2O2. The first kappa shape index (κ1) is 10.5. The summed E-state index contributed by atoms with van der Waals surface area (Å²) in [5, 5.41) is 0. The van der Waals surface area contributed by atoms with Crippen LogP contribution in [0.15, 0.2) is 18.3 Å². The van der Waals surface area contributed by atoms with Crippen LogP contribution in [-0.4, -0.2) is 24.3 Å². The Kier molecular flexibility index (Phi) is 3.66. The van der Waals surface area contributed by atoms with Gasteiger partial charge in [-0.25, -0.2) is 0 Å². The maximum atomic E-state index is 5.71. The first-order chi connectivity index (χ1) is 7.40. The first-order valence-corrected chi connectivity index (χ1v) is 5.22. The topological polar surface area (TPSA) is 57.4 Å². The highest BCUT2D eigenvalue weighted by molar-refractivity contribution is 5.18. The Morgan fingerprint density at radius 1 is 1.60 bits per heavy atom. The van der Waals surface area contributed by atoms with Crippen LogP contribution < -0.4 is 5.73 Å². The van der Waals surface area contributed by atoms with E-state index < -0.39 is 0 Å². The predicted molar refractivity (Wildman–Crippen MR) is 56.1 cm³/mol. The van der Waals surface area contributed by atoms with Gasteiger partial charge in [-0.3, -0.25) is 4.98 Å². The molecule has 1 fully saturated rings. The molecule has 4 heteroatoms. The molecule has 1 aliphatic heterocycles. The van der Waals surface area contributed by atoms with Crippen LogP contribution in [0.1, 0.15) is 17.7 Å². The molecule has 2 rings (SSSR count). The van der Waals surface area contributed by atoms with Gasteiger partial charge in [0.2, 0.25) is 0 Å². The Bertz CT molecular complexity index is 311. The van der Waals surface area contributed by atoms with E-state index in [9.17, 15) is 0 Å². The third-order valence-electron chi connectivity index (χ3n) is 2.54. The fourth-order valence-electron chi connectivity index (χ4n) is 1.64. The van der Waals surface area contributed by atoms with Crippen molar-refractivity contribution < 1.29 is 9.47 Å². The monoisotopic (exact) mass is 208 g/mol. The van der Waals surface area contributed by atoms with Crippen LogP contribution in [0.5, 0.6) is 0 Å². The lowest BCUT2D eigenvalue weighted by molar-refractivity contribution is 0.0313. The van der Waals surface area contributed by atoms with Crippen LogP contribution in [0.2, 0.25) is 0 Å². The molecular weight excluding hydrogens is 192 g/mol. The number of aromatic nitrogens is 1. The maximum Gasteiger partial charge on any atom is 0.0835 e. The average molecular weight is 208 g/mol. The highest BCUT2D eigenvalue weighted by atomic mass is 16.5. The molecule has 1 unspecified atom stereocenters. The molecule has 0 aromatic carbocycles. The van der Waals surface area contributed by atoms with Crippen molar-refractivity contribution in [2.45, 2.75) is 25.7 Å². The average Bonchev–Trinajstić information content (AvgIpc) is 2.79. The Morgan fingerprint density at radius 2 is 2.53 bits per heavy atom. The van der Waals surface area contributed by atoms with Crippen molar-refractivity contribution in [1.29, 1.82) is 0 Å². The van der Waals surface area contributed by atoms with E-state index in [-0.39, 0.29) is 6.10 Å². The standard InChI is InChI=1S/C11H16N2O2/c12-6-11-9(2-1-4-13-11)7-15-10-3-5-14-8-10/h1-2,4,10H,3,5-8,12H2. The van der Waals surface area contributed by atoms with Gasteiger partial charge in [-0.05, 0) is 12.5 Å². The molecule has 1 aliphatic rings. The highest BCUT2D eigenvalue weighted by Crippen LogP contribution is 2.13. The Hall–Kier alpha value is -0.970. The van der Waals surface area contributed by atoms with Gasteiger partial charge in [0.05, 0.1) is 25.0 Å². The van der Waals surface area contributed by atoms with Crippen molar-refractivity contribution in [2.24, 2.45) is 5.73 Å². The summed E-state index contributed by atoms with van der Waals surface area (Å²) in [7, 11) is 0. The zero-order chi connectivity index (χ0) is 10.5. The van der Waals surface area contributed by atoms with Crippen molar-refractivity contribution in [3.8, 4) is 0 Å². The van der Waals surface area contributed by atoms with Gasteiger partial charge < -0.3 is 15.2 Å². The van der Waals surface area contributed by atoms with Gasteiger partial charge in [-0.2, -0.15) is 0 Å². The molecule has 0 aliphatic carbocycles. The molecule has 1 saturated heterocycles. The molecule has 1 aromatic rings. The van der Waals surface area contributed by atoms with Crippen molar-refractivity contribution >= 4 is 0 Å². The molecule has 82 valence electrons. The molecule has 2 N–H and O–H groups in total. The lowest BCUT2D eigenvalue weighted by Crippen LogP contribution is -2.13. The Labute approximate surface area is 89.4 Å². The van der Waals surface area contributed by atoms with Gasteiger partial charge in [-0.15, -0.1) is 0 Å². The zero-order valence-corrected chi connectivity index (χ0v) is 8.69. The molecule has 0 amide bonds. The minimum atomic E-state index is 0.232. The number of nitrogens with zero attached hydrogens (tertiary/aromatic N) is 1. The molecule has 0 bridgehead atoms. The van der Waals surface area contributed by atoms with Gasteiger partial charge in [0.15, 0.2) is 0 Å². The van der Waals surface area contributed by atoms with E-state index in [1.54, 1.807) is 6.20 Å². The normalized spacial score (nSPS) is 20.7. The number of hydrogen-bond donors (Lipinski definition) is 1. The summed E-state index contributed by atoms with van der Waals surface area (Å²) >= 11 is 0. The second-order valence-corrected chi connectivity index (χ2v) is 3.61. The third-order valence-corrected chi connectivity index (χ3v) is 2.54. The molecule has 0 saturated carbocycles. The SMILES string of the molecule is NCc1ncccc1COC1CCOC1. The number of rotatable bonds is 4. The van der Waals surface area contributed by atoms with Gasteiger partial charge in [0, 0.05) is 24.9 Å². The number of pyridine rings is 1. The van der Waals surface area contributed by atoms with Crippen LogP contribution in [0.25, 0.3) is 0 Å². The summed E-state index contributed by atoms with van der Waals surface area (Å²) in [5.74, 6) is 0. The minimum absolute atomic E-state index is 0.232. The molecule has 0 spiro atoms. The second kappa shape index (κ2) is 5.21. The van der Waals surface area contributed by atoms with Crippen molar-refractivity contribution in [3.63, 3.8) is 0 Å². The lowest BCUT2D eigenvalue weighted by Gasteiger charge is -2.11. The van der Waals surface area contributed by atoms with E-state index in [1.807, 2.05) is 12.1 Å². The van der Waals surface area contributed by atoms with Gasteiger partial charge in [0.25, 0.3) is 0 Å². The Balaban J connectivity index is 1.91. The second-order valence-electron chi connectivity index (χ2n) is 3.61. The number of ether oxygens (including phenoxy) is 2. The minimum Gasteiger partial charge on any atom is -0.379 e. The molecule has 0 radical (unpaired) electrons. The quantitative estimate of drug-likeness (QED) is 0.796. The summed E-state index contributed by atoms with van der Waals surface area (Å²) in [6.45, 7) is 2.55. The van der Waals surface area contributed by atoms with Crippen LogP contribution >= 0.6 is 0 Å². The largest absolute Gasteiger partial charge is 0.379 e. The highest BCUT2D eigenvalue weighted by Gasteiger charge is 2.16. The summed E-state index contributed by atoms with van der Waals surface area (Å²) in [6, 6.07) is 3.91. The fraction of sp³-hybridized carbons (Fsp3) is 0.545. The number of nitrogens with two attached hydrogens (primary N) is 1. The lowest BCUT2D eigenvalue weighted by atomic mass is 10.2. The van der Waals surface area contributed by atoms with E-state index in [0.717, 1.165) is 24.3 Å². The van der Waals surface area contributed by atoms with Crippen molar-refractivity contribution in [2.75, 3.05) is 13.2 Å². The summed E-state index contributed by atoms with van der Waals surface area (Å²) < 4.78 is 10.9. The van der Waals surface area contributed by atoms with Crippen LogP contribution in [0.4, 0.5) is 0 Å². The maximum absolute atomic E-state index is 5.71. The number of hydrogen-bond acceptors (Lipinski definition) is 4. The molecule has 2 heterocycles. The van der Waals surface area contributed by atoms with E-state index in [1.165, 1.54) is 0 Å². The smallest absolute Gasteiger partial charge is 0.0835 e. The van der Waals surface area contributed by atoms with Crippen LogP contribution in [0, 0.1) is 0 Å². The zero-order valence-electron chi connectivity index (χ0n) is 8.69. The Morgan fingerprint density at radius 3 is 3.27 bits per heavy atom. The predicted octanol–water partition coefficient (Wildman–Crippen LogP) is 0.846. The summed E-state index contributed by atoms with van der Waals surface area (Å²) in [6.07, 6.45) is 2.97. The summed E-state index contributed by atoms with van der Waals surface area (Å²) in [4.78, 5) is 4.21. The van der Waals surface area contributed by atoms with E-state index in [0.29, 0.717) is 19.8 Å². The molecule has 1 aromatic heterocycles. The van der Waals surface area contributed by atoms with Gasteiger partial charge >= 0.3 is 0 Å². The van der Waals surface area contributed by atoms with E-state index in [4.69, 9.17) is 15.2 Å². The molecule has 4 nitrogen and oxygen atoms in total. The molecule has 1 atom stereocenters. The first-order valence-electron chi connectivity index (χ1n) is 5.22. The van der Waals surface area contributed by atoms with Gasteiger partial charge in [0.1, 0.15) is 0 Å². The third kappa shape index (κ3) is 2.75. The van der Waals surface area contributed by atoms with E-state index in [2.05, 4.69) is 4.98 Å². The van der Waals surface area contributed by atoms with E-state index >= 15 is 0 Å². The van der Waals surface area contributed by atoms with Crippen LogP contribution in [0.3, 0.4) is 0 Å². The fourth-order valence-corrected chi connectivity index (χ4v) is 1.64. The molecule has 15 heavy (non-hydrogen) atoms.